The minimum Gasteiger partial charge on any atom is -0.393 e. The van der Waals surface area contributed by atoms with Gasteiger partial charge in [-0.15, -0.1) is 0 Å². The fourth-order valence-electron chi connectivity index (χ4n) is 1.98. The van der Waals surface area contributed by atoms with Crippen molar-refractivity contribution in [3.05, 3.63) is 23.4 Å². The molecule has 0 spiro atoms. The number of aromatic nitrogens is 1. The number of hydrogen-bond acceptors (Lipinski definition) is 3. The Morgan fingerprint density at radius 2 is 2.31 bits per heavy atom. The van der Waals surface area contributed by atoms with E-state index >= 15 is 0 Å². The third-order valence-corrected chi connectivity index (χ3v) is 3.34. The molecule has 1 unspecified atom stereocenters. The lowest BCUT2D eigenvalue weighted by atomic mass is 10.0. The molecule has 1 heterocycles. The molecule has 1 atom stereocenters. The zero-order valence-corrected chi connectivity index (χ0v) is 9.82. The Labute approximate surface area is 96.7 Å². The minimum absolute atomic E-state index is 0.148. The number of nitrogens with two attached hydrogens (primary N) is 1. The summed E-state index contributed by atoms with van der Waals surface area (Å²) in [7, 11) is 0. The summed E-state index contributed by atoms with van der Waals surface area (Å²) in [5.74, 6) is 1.16. The second-order valence-electron chi connectivity index (χ2n) is 4.68. The standard InChI is InChI=1S/C13H20N2O/c1-2-9-7-11(13(14)15-8-9)5-6-12(16)10-3-4-10/h7-8,10,12,16H,2-6H2,1H3,(H2,14,15). The first-order chi connectivity index (χ1) is 7.70. The van der Waals surface area contributed by atoms with Gasteiger partial charge in [0.2, 0.25) is 0 Å². The summed E-state index contributed by atoms with van der Waals surface area (Å²) in [6.45, 7) is 2.11. The van der Waals surface area contributed by atoms with Gasteiger partial charge in [0, 0.05) is 6.20 Å². The van der Waals surface area contributed by atoms with E-state index in [0.717, 1.165) is 24.8 Å². The maximum Gasteiger partial charge on any atom is 0.126 e. The van der Waals surface area contributed by atoms with Crippen molar-refractivity contribution >= 4 is 5.82 Å². The predicted molar refractivity (Wildman–Crippen MR) is 65.1 cm³/mol. The van der Waals surface area contributed by atoms with Crippen LogP contribution in [0.2, 0.25) is 0 Å². The highest BCUT2D eigenvalue weighted by atomic mass is 16.3. The van der Waals surface area contributed by atoms with Gasteiger partial charge in [-0.25, -0.2) is 4.98 Å². The van der Waals surface area contributed by atoms with E-state index in [9.17, 15) is 5.11 Å². The largest absolute Gasteiger partial charge is 0.393 e. The molecule has 0 saturated heterocycles. The van der Waals surface area contributed by atoms with Gasteiger partial charge < -0.3 is 10.8 Å². The quantitative estimate of drug-likeness (QED) is 0.797. The summed E-state index contributed by atoms with van der Waals surface area (Å²) >= 11 is 0. The highest BCUT2D eigenvalue weighted by molar-refractivity contribution is 5.41. The van der Waals surface area contributed by atoms with E-state index in [2.05, 4.69) is 18.0 Å². The first kappa shape index (κ1) is 11.4. The Balaban J connectivity index is 1.96. The molecule has 3 heteroatoms. The van der Waals surface area contributed by atoms with Crippen LogP contribution in [0.3, 0.4) is 0 Å². The van der Waals surface area contributed by atoms with Crippen LogP contribution >= 0.6 is 0 Å². The number of rotatable bonds is 5. The lowest BCUT2D eigenvalue weighted by molar-refractivity contribution is 0.142. The molecule has 0 radical (unpaired) electrons. The normalized spacial score (nSPS) is 17.4. The number of pyridine rings is 1. The molecule has 3 N–H and O–H groups in total. The molecule has 1 aromatic rings. The molecule has 16 heavy (non-hydrogen) atoms. The molecule has 2 rings (SSSR count). The summed E-state index contributed by atoms with van der Waals surface area (Å²) in [5.41, 5.74) is 8.12. The van der Waals surface area contributed by atoms with Crippen molar-refractivity contribution in [3.63, 3.8) is 0 Å². The molecule has 0 amide bonds. The van der Waals surface area contributed by atoms with E-state index in [1.165, 1.54) is 18.4 Å². The Morgan fingerprint density at radius 3 is 2.94 bits per heavy atom. The van der Waals surface area contributed by atoms with Gasteiger partial charge in [-0.1, -0.05) is 13.0 Å². The summed E-state index contributed by atoms with van der Waals surface area (Å²) in [4.78, 5) is 4.18. The summed E-state index contributed by atoms with van der Waals surface area (Å²) in [6.07, 6.45) is 6.67. The van der Waals surface area contributed by atoms with Gasteiger partial charge in [0.15, 0.2) is 0 Å². The van der Waals surface area contributed by atoms with Crippen LogP contribution in [0, 0.1) is 5.92 Å². The SMILES string of the molecule is CCc1cnc(N)c(CCC(O)C2CC2)c1. The van der Waals surface area contributed by atoms with Gasteiger partial charge in [-0.3, -0.25) is 0 Å². The van der Waals surface area contributed by atoms with Gasteiger partial charge in [0.1, 0.15) is 5.82 Å². The van der Waals surface area contributed by atoms with Crippen LogP contribution in [0.15, 0.2) is 12.3 Å². The van der Waals surface area contributed by atoms with Crippen LogP contribution in [0.1, 0.15) is 37.3 Å². The zero-order chi connectivity index (χ0) is 11.5. The highest BCUT2D eigenvalue weighted by Gasteiger charge is 2.29. The van der Waals surface area contributed by atoms with Gasteiger partial charge in [0.05, 0.1) is 6.10 Å². The Kier molecular flexibility index (Phi) is 3.44. The van der Waals surface area contributed by atoms with E-state index in [1.807, 2.05) is 6.20 Å². The fraction of sp³-hybridized carbons (Fsp3) is 0.615. The number of nitrogens with zero attached hydrogens (tertiary/aromatic N) is 1. The second kappa shape index (κ2) is 4.83. The minimum atomic E-state index is -0.148. The van der Waals surface area contributed by atoms with E-state index in [4.69, 9.17) is 5.73 Å². The highest BCUT2D eigenvalue weighted by Crippen LogP contribution is 2.34. The monoisotopic (exact) mass is 220 g/mol. The maximum atomic E-state index is 9.81. The van der Waals surface area contributed by atoms with Crippen LogP contribution in [-0.4, -0.2) is 16.2 Å². The topological polar surface area (TPSA) is 59.1 Å². The number of hydrogen-bond donors (Lipinski definition) is 2. The van der Waals surface area contributed by atoms with Crippen molar-refractivity contribution in [2.75, 3.05) is 5.73 Å². The summed E-state index contributed by atoms with van der Waals surface area (Å²) < 4.78 is 0. The third-order valence-electron chi connectivity index (χ3n) is 3.34. The van der Waals surface area contributed by atoms with Crippen molar-refractivity contribution in [2.24, 2.45) is 5.92 Å². The Bertz CT molecular complexity index is 361. The van der Waals surface area contributed by atoms with E-state index in [0.29, 0.717) is 11.7 Å². The molecular formula is C13H20N2O. The average molecular weight is 220 g/mol. The molecule has 1 aliphatic rings. The molecule has 1 aromatic heterocycles. The summed E-state index contributed by atoms with van der Waals surface area (Å²) in [6, 6.07) is 2.11. The number of nitrogen functional groups attached to an aromatic ring is 1. The molecule has 1 fully saturated rings. The van der Waals surface area contributed by atoms with E-state index < -0.39 is 0 Å². The first-order valence-corrected chi connectivity index (χ1v) is 6.12. The molecule has 1 aliphatic carbocycles. The fourth-order valence-corrected chi connectivity index (χ4v) is 1.98. The van der Waals surface area contributed by atoms with Crippen LogP contribution in [-0.2, 0) is 12.8 Å². The van der Waals surface area contributed by atoms with Crippen molar-refractivity contribution in [3.8, 4) is 0 Å². The molecule has 0 aromatic carbocycles. The second-order valence-corrected chi connectivity index (χ2v) is 4.68. The van der Waals surface area contributed by atoms with E-state index in [1.54, 1.807) is 0 Å². The first-order valence-electron chi connectivity index (χ1n) is 6.12. The lowest BCUT2D eigenvalue weighted by Crippen LogP contribution is -2.11. The van der Waals surface area contributed by atoms with Crippen LogP contribution in [0.25, 0.3) is 0 Å². The predicted octanol–water partition coefficient (Wildman–Crippen LogP) is 1.93. The van der Waals surface area contributed by atoms with Crippen LogP contribution in [0.4, 0.5) is 5.82 Å². The molecule has 1 saturated carbocycles. The third kappa shape index (κ3) is 2.73. The lowest BCUT2D eigenvalue weighted by Gasteiger charge is -2.10. The Morgan fingerprint density at radius 1 is 1.56 bits per heavy atom. The van der Waals surface area contributed by atoms with Crippen molar-refractivity contribution in [2.45, 2.75) is 45.1 Å². The van der Waals surface area contributed by atoms with Crippen LogP contribution in [0.5, 0.6) is 0 Å². The maximum absolute atomic E-state index is 9.81. The number of aryl methyl sites for hydroxylation is 2. The molecule has 0 bridgehead atoms. The zero-order valence-electron chi connectivity index (χ0n) is 9.82. The molecular weight excluding hydrogens is 200 g/mol. The van der Waals surface area contributed by atoms with Gasteiger partial charge in [0.25, 0.3) is 0 Å². The van der Waals surface area contributed by atoms with Crippen molar-refractivity contribution in [1.82, 2.24) is 4.98 Å². The molecule has 88 valence electrons. The van der Waals surface area contributed by atoms with Gasteiger partial charge in [-0.05, 0) is 49.1 Å². The average Bonchev–Trinajstić information content (AvgIpc) is 3.11. The van der Waals surface area contributed by atoms with Gasteiger partial charge in [-0.2, -0.15) is 0 Å². The number of anilines is 1. The van der Waals surface area contributed by atoms with Gasteiger partial charge >= 0.3 is 0 Å². The molecule has 3 nitrogen and oxygen atoms in total. The summed E-state index contributed by atoms with van der Waals surface area (Å²) in [5, 5.41) is 9.81. The Hall–Kier alpha value is -1.09. The van der Waals surface area contributed by atoms with Crippen molar-refractivity contribution in [1.29, 1.82) is 0 Å². The van der Waals surface area contributed by atoms with Crippen molar-refractivity contribution < 1.29 is 5.11 Å². The van der Waals surface area contributed by atoms with E-state index in [-0.39, 0.29) is 6.10 Å². The molecule has 0 aliphatic heterocycles. The smallest absolute Gasteiger partial charge is 0.126 e. The number of aliphatic hydroxyl groups is 1. The van der Waals surface area contributed by atoms with Crippen LogP contribution < -0.4 is 5.73 Å². The number of aliphatic hydroxyl groups excluding tert-OH is 1.